The van der Waals surface area contributed by atoms with Gasteiger partial charge in [-0.1, -0.05) is 61.2 Å². The molecular weight excluding hydrogens is 497 g/mol. The molecule has 7 heteroatoms. The van der Waals surface area contributed by atoms with Gasteiger partial charge in [0.1, 0.15) is 11.5 Å². The van der Waals surface area contributed by atoms with E-state index in [1.807, 2.05) is 25.1 Å². The van der Waals surface area contributed by atoms with Crippen molar-refractivity contribution in [2.75, 3.05) is 11.5 Å². The van der Waals surface area contributed by atoms with Crippen molar-refractivity contribution < 1.29 is 19.4 Å². The largest absolute Gasteiger partial charge is 0.507 e. The number of carbonyl (C=O) groups is 2. The Kier molecular flexibility index (Phi) is 8.02. The average Bonchev–Trinajstić information content (AvgIpc) is 3.14. The minimum Gasteiger partial charge on any atom is -0.507 e. The summed E-state index contributed by atoms with van der Waals surface area (Å²) in [6.45, 7) is 4.64. The van der Waals surface area contributed by atoms with Crippen LogP contribution in [-0.2, 0) is 9.59 Å². The van der Waals surface area contributed by atoms with Gasteiger partial charge in [0.2, 0.25) is 0 Å². The third kappa shape index (κ3) is 5.28. The first-order valence-electron chi connectivity index (χ1n) is 11.9. The van der Waals surface area contributed by atoms with Crippen LogP contribution < -0.4 is 9.64 Å². The standard InChI is InChI=1S/C29H27Cl2NO4/c1-3-4-5-15-36-22-12-9-19(10-13-22)27(33)25-26(20-11-14-23(30)24(31)17-20)32(29(35)28(25)34)21-8-6-7-18(2)16-21/h6-14,16-17,26,33H,3-5,15H2,1-2H3/b27-25-. The van der Waals surface area contributed by atoms with Gasteiger partial charge < -0.3 is 9.84 Å². The fraction of sp³-hybridized carbons (Fsp3) is 0.241. The van der Waals surface area contributed by atoms with Gasteiger partial charge in [-0.3, -0.25) is 14.5 Å². The summed E-state index contributed by atoms with van der Waals surface area (Å²) in [4.78, 5) is 28.0. The fourth-order valence-electron chi connectivity index (χ4n) is 4.28. The molecule has 3 aromatic rings. The number of ether oxygens (including phenoxy) is 1. The molecule has 1 heterocycles. The smallest absolute Gasteiger partial charge is 0.300 e. The van der Waals surface area contributed by atoms with Crippen LogP contribution in [0.1, 0.15) is 48.9 Å². The molecule has 1 N–H and O–H groups in total. The number of aryl methyl sites for hydroxylation is 1. The van der Waals surface area contributed by atoms with E-state index in [0.717, 1.165) is 24.8 Å². The Hall–Kier alpha value is -3.28. The van der Waals surface area contributed by atoms with Gasteiger partial charge in [-0.2, -0.15) is 0 Å². The number of Topliss-reactive ketones (excluding diaryl/α,β-unsaturated/α-hetero) is 1. The summed E-state index contributed by atoms with van der Waals surface area (Å²) >= 11 is 12.4. The van der Waals surface area contributed by atoms with Crippen LogP contribution in [0.15, 0.2) is 72.3 Å². The first-order chi connectivity index (χ1) is 17.3. The Morgan fingerprint density at radius 3 is 2.39 bits per heavy atom. The summed E-state index contributed by atoms with van der Waals surface area (Å²) < 4.78 is 5.75. The normalized spacial score (nSPS) is 17.0. The molecule has 1 amide bonds. The predicted octanol–water partition coefficient (Wildman–Crippen LogP) is 7.50. The number of aliphatic hydroxyl groups excluding tert-OH is 1. The SMILES string of the molecule is CCCCCOc1ccc(/C(O)=C2/C(=O)C(=O)N(c3cccc(C)c3)C2c2ccc(Cl)c(Cl)c2)cc1. The van der Waals surface area contributed by atoms with Crippen LogP contribution in [0.2, 0.25) is 10.0 Å². The van der Waals surface area contributed by atoms with Crippen molar-refractivity contribution in [3.05, 3.63) is 99.0 Å². The summed E-state index contributed by atoms with van der Waals surface area (Å²) in [6, 6.07) is 18.2. The molecule has 1 aliphatic heterocycles. The third-order valence-corrected chi connectivity index (χ3v) is 6.87. The molecule has 0 radical (unpaired) electrons. The zero-order valence-corrected chi connectivity index (χ0v) is 21.6. The summed E-state index contributed by atoms with van der Waals surface area (Å²) in [5, 5.41) is 11.9. The number of hydrogen-bond acceptors (Lipinski definition) is 4. The van der Waals surface area contributed by atoms with Gasteiger partial charge in [0.05, 0.1) is 28.3 Å². The minimum atomic E-state index is -0.883. The van der Waals surface area contributed by atoms with Crippen LogP contribution in [0.4, 0.5) is 5.69 Å². The molecule has 0 spiro atoms. The topological polar surface area (TPSA) is 66.8 Å². The molecule has 3 aromatic carbocycles. The Labute approximate surface area is 220 Å². The monoisotopic (exact) mass is 523 g/mol. The van der Waals surface area contributed by atoms with Crippen molar-refractivity contribution in [1.29, 1.82) is 0 Å². The molecule has 5 nitrogen and oxygen atoms in total. The summed E-state index contributed by atoms with van der Waals surface area (Å²) in [5.74, 6) is -1.10. The third-order valence-electron chi connectivity index (χ3n) is 6.13. The number of aliphatic hydroxyl groups is 1. The number of hydrogen-bond donors (Lipinski definition) is 1. The van der Waals surface area contributed by atoms with Gasteiger partial charge in [-0.05, 0) is 73.0 Å². The first-order valence-corrected chi connectivity index (χ1v) is 12.6. The van der Waals surface area contributed by atoms with E-state index in [9.17, 15) is 14.7 Å². The Balaban J connectivity index is 1.78. The molecule has 1 fully saturated rings. The lowest BCUT2D eigenvalue weighted by atomic mass is 9.95. The van der Waals surface area contributed by atoms with E-state index in [2.05, 4.69) is 6.92 Å². The second kappa shape index (κ2) is 11.2. The van der Waals surface area contributed by atoms with E-state index in [-0.39, 0.29) is 16.4 Å². The van der Waals surface area contributed by atoms with Crippen LogP contribution in [0.5, 0.6) is 5.75 Å². The zero-order valence-electron chi connectivity index (χ0n) is 20.1. The molecular formula is C29H27Cl2NO4. The fourth-order valence-corrected chi connectivity index (χ4v) is 4.59. The summed E-state index contributed by atoms with van der Waals surface area (Å²) in [7, 11) is 0. The van der Waals surface area contributed by atoms with Crippen molar-refractivity contribution in [3.63, 3.8) is 0 Å². The highest BCUT2D eigenvalue weighted by molar-refractivity contribution is 6.51. The second-order valence-electron chi connectivity index (χ2n) is 8.76. The highest BCUT2D eigenvalue weighted by Gasteiger charge is 2.47. The average molecular weight is 524 g/mol. The van der Waals surface area contributed by atoms with E-state index >= 15 is 0 Å². The Morgan fingerprint density at radius 1 is 0.972 bits per heavy atom. The Morgan fingerprint density at radius 2 is 1.72 bits per heavy atom. The minimum absolute atomic E-state index is 0.0171. The van der Waals surface area contributed by atoms with Crippen molar-refractivity contribution in [2.45, 2.75) is 39.2 Å². The van der Waals surface area contributed by atoms with Gasteiger partial charge >= 0.3 is 0 Å². The quantitative estimate of drug-likeness (QED) is 0.143. The Bertz CT molecular complexity index is 1320. The molecule has 1 saturated heterocycles. The lowest BCUT2D eigenvalue weighted by Crippen LogP contribution is -2.29. The number of nitrogens with zero attached hydrogens (tertiary/aromatic N) is 1. The zero-order chi connectivity index (χ0) is 25.8. The van der Waals surface area contributed by atoms with E-state index in [1.54, 1.807) is 48.5 Å². The molecule has 0 aliphatic carbocycles. The number of carbonyl (C=O) groups excluding carboxylic acids is 2. The highest BCUT2D eigenvalue weighted by atomic mass is 35.5. The highest BCUT2D eigenvalue weighted by Crippen LogP contribution is 2.43. The number of anilines is 1. The molecule has 1 aliphatic rings. The number of ketones is 1. The van der Waals surface area contributed by atoms with Crippen LogP contribution >= 0.6 is 23.2 Å². The number of benzene rings is 3. The lowest BCUT2D eigenvalue weighted by molar-refractivity contribution is -0.132. The van der Waals surface area contributed by atoms with Crippen molar-refractivity contribution >= 4 is 46.3 Å². The van der Waals surface area contributed by atoms with E-state index in [4.69, 9.17) is 27.9 Å². The summed E-state index contributed by atoms with van der Waals surface area (Å²) in [5.41, 5.74) is 2.42. The summed E-state index contributed by atoms with van der Waals surface area (Å²) in [6.07, 6.45) is 3.16. The number of amides is 1. The maximum Gasteiger partial charge on any atom is 0.300 e. The predicted molar refractivity (Wildman–Crippen MR) is 144 cm³/mol. The van der Waals surface area contributed by atoms with Crippen LogP contribution in [0.25, 0.3) is 5.76 Å². The lowest BCUT2D eigenvalue weighted by Gasteiger charge is -2.26. The van der Waals surface area contributed by atoms with Crippen molar-refractivity contribution in [3.8, 4) is 5.75 Å². The van der Waals surface area contributed by atoms with Crippen molar-refractivity contribution in [2.24, 2.45) is 0 Å². The van der Waals surface area contributed by atoms with E-state index in [0.29, 0.717) is 34.2 Å². The molecule has 1 unspecified atom stereocenters. The van der Waals surface area contributed by atoms with Gasteiger partial charge in [0, 0.05) is 11.3 Å². The molecule has 0 aromatic heterocycles. The van der Waals surface area contributed by atoms with Gasteiger partial charge in [0.15, 0.2) is 0 Å². The number of unbranched alkanes of at least 4 members (excludes halogenated alkanes) is 2. The molecule has 1 atom stereocenters. The van der Waals surface area contributed by atoms with Gasteiger partial charge in [-0.25, -0.2) is 0 Å². The van der Waals surface area contributed by atoms with Crippen LogP contribution in [0, 0.1) is 6.92 Å². The molecule has 0 saturated carbocycles. The molecule has 36 heavy (non-hydrogen) atoms. The molecule has 4 rings (SSSR count). The molecule has 0 bridgehead atoms. The van der Waals surface area contributed by atoms with E-state index in [1.165, 1.54) is 4.90 Å². The van der Waals surface area contributed by atoms with Crippen molar-refractivity contribution in [1.82, 2.24) is 0 Å². The van der Waals surface area contributed by atoms with Crippen LogP contribution in [0.3, 0.4) is 0 Å². The second-order valence-corrected chi connectivity index (χ2v) is 9.58. The number of halogens is 2. The number of rotatable bonds is 8. The first kappa shape index (κ1) is 25.8. The van der Waals surface area contributed by atoms with E-state index < -0.39 is 17.7 Å². The van der Waals surface area contributed by atoms with Crippen LogP contribution in [-0.4, -0.2) is 23.4 Å². The van der Waals surface area contributed by atoms with Gasteiger partial charge in [0.25, 0.3) is 11.7 Å². The van der Waals surface area contributed by atoms with Gasteiger partial charge in [-0.15, -0.1) is 0 Å². The maximum absolute atomic E-state index is 13.3. The molecule has 186 valence electrons. The maximum atomic E-state index is 13.3.